The van der Waals surface area contributed by atoms with Gasteiger partial charge in [-0.25, -0.2) is 0 Å². The number of carbonyl (C=O) groups excluding carboxylic acids is 1. The maximum absolute atomic E-state index is 12.8. The quantitative estimate of drug-likeness (QED) is 0.638. The lowest BCUT2D eigenvalue weighted by Crippen LogP contribution is -2.40. The van der Waals surface area contributed by atoms with Crippen molar-refractivity contribution >= 4 is 22.8 Å². The van der Waals surface area contributed by atoms with Crippen LogP contribution >= 0.6 is 11.3 Å². The second-order valence-corrected chi connectivity index (χ2v) is 8.17. The van der Waals surface area contributed by atoms with E-state index >= 15 is 0 Å². The number of thiophene rings is 1. The molecule has 1 atom stereocenters. The van der Waals surface area contributed by atoms with E-state index in [2.05, 4.69) is 34.5 Å². The molecule has 0 aliphatic carbocycles. The van der Waals surface area contributed by atoms with Crippen LogP contribution < -0.4 is 5.32 Å². The summed E-state index contributed by atoms with van der Waals surface area (Å²) in [6.45, 7) is 1.97. The van der Waals surface area contributed by atoms with Crippen LogP contribution in [0.25, 0.3) is 5.57 Å². The predicted molar refractivity (Wildman–Crippen MR) is 118 cm³/mol. The van der Waals surface area contributed by atoms with Crippen LogP contribution in [0.3, 0.4) is 0 Å². The molecule has 4 nitrogen and oxygen atoms in total. The molecule has 1 amide bonds. The molecule has 1 unspecified atom stereocenters. The number of amides is 1. The van der Waals surface area contributed by atoms with Crippen molar-refractivity contribution in [3.63, 3.8) is 0 Å². The van der Waals surface area contributed by atoms with E-state index in [0.717, 1.165) is 35.5 Å². The fourth-order valence-electron chi connectivity index (χ4n) is 3.62. The lowest BCUT2D eigenvalue weighted by Gasteiger charge is -2.27. The highest BCUT2D eigenvalue weighted by Gasteiger charge is 2.20. The Morgan fingerprint density at radius 2 is 1.86 bits per heavy atom. The van der Waals surface area contributed by atoms with Gasteiger partial charge in [-0.1, -0.05) is 54.6 Å². The zero-order valence-corrected chi connectivity index (χ0v) is 16.9. The van der Waals surface area contributed by atoms with Gasteiger partial charge in [-0.2, -0.15) is 0 Å². The number of carbonyl (C=O) groups is 1. The summed E-state index contributed by atoms with van der Waals surface area (Å²) in [6, 6.07) is 21.4. The molecule has 2 heterocycles. The summed E-state index contributed by atoms with van der Waals surface area (Å²) in [4.78, 5) is 16.1. The van der Waals surface area contributed by atoms with Gasteiger partial charge < -0.3 is 10.4 Å². The number of hydrogen-bond acceptors (Lipinski definition) is 4. The van der Waals surface area contributed by atoms with Crippen LogP contribution in [0.15, 0.2) is 78.2 Å². The first-order valence-electron chi connectivity index (χ1n) is 9.77. The lowest BCUT2D eigenvalue weighted by molar-refractivity contribution is -0.122. The summed E-state index contributed by atoms with van der Waals surface area (Å²) >= 11 is 1.66. The monoisotopic (exact) mass is 404 g/mol. The molecular weight excluding hydrogens is 380 g/mol. The van der Waals surface area contributed by atoms with Crippen LogP contribution in [0.2, 0.25) is 0 Å². The molecule has 4 rings (SSSR count). The van der Waals surface area contributed by atoms with Crippen LogP contribution in [-0.2, 0) is 4.79 Å². The van der Waals surface area contributed by atoms with E-state index in [4.69, 9.17) is 0 Å². The van der Waals surface area contributed by atoms with Crippen molar-refractivity contribution in [2.75, 3.05) is 19.6 Å². The van der Waals surface area contributed by atoms with Crippen LogP contribution in [0.1, 0.15) is 28.5 Å². The first kappa shape index (κ1) is 19.4. The molecule has 0 bridgehead atoms. The third kappa shape index (κ3) is 4.94. The second-order valence-electron chi connectivity index (χ2n) is 7.19. The first-order chi connectivity index (χ1) is 14.2. The van der Waals surface area contributed by atoms with Crippen molar-refractivity contribution in [3.8, 4) is 5.75 Å². The molecule has 0 spiro atoms. The van der Waals surface area contributed by atoms with Crippen LogP contribution in [0.5, 0.6) is 5.75 Å². The molecule has 0 radical (unpaired) electrons. The van der Waals surface area contributed by atoms with E-state index in [1.807, 2.05) is 41.8 Å². The third-order valence-corrected chi connectivity index (χ3v) is 6.10. The minimum absolute atomic E-state index is 0.0359. The summed E-state index contributed by atoms with van der Waals surface area (Å²) < 4.78 is 0. The second kappa shape index (κ2) is 9.07. The Kier molecular flexibility index (Phi) is 6.08. The number of hydrogen-bond donors (Lipinski definition) is 2. The molecule has 29 heavy (non-hydrogen) atoms. The number of nitrogens with zero attached hydrogens (tertiary/aromatic N) is 1. The van der Waals surface area contributed by atoms with Gasteiger partial charge in [-0.3, -0.25) is 9.69 Å². The lowest BCUT2D eigenvalue weighted by atomic mass is 9.99. The van der Waals surface area contributed by atoms with Gasteiger partial charge in [0.2, 0.25) is 5.91 Å². The van der Waals surface area contributed by atoms with Gasteiger partial charge in [0.25, 0.3) is 0 Å². The molecule has 0 fully saturated rings. The largest absolute Gasteiger partial charge is 0.508 e. The zero-order valence-electron chi connectivity index (χ0n) is 16.1. The maximum Gasteiger partial charge on any atom is 0.234 e. The maximum atomic E-state index is 12.8. The smallest absolute Gasteiger partial charge is 0.234 e. The Balaban J connectivity index is 1.38. The average Bonchev–Trinajstić information content (AvgIpc) is 3.28. The molecule has 3 aromatic rings. The number of rotatable bonds is 6. The van der Waals surface area contributed by atoms with Crippen LogP contribution in [0, 0.1) is 0 Å². The fourth-order valence-corrected chi connectivity index (χ4v) is 4.42. The highest BCUT2D eigenvalue weighted by atomic mass is 32.1. The Bertz CT molecular complexity index is 966. The van der Waals surface area contributed by atoms with Crippen molar-refractivity contribution in [2.45, 2.75) is 12.5 Å². The molecule has 2 N–H and O–H groups in total. The molecule has 1 aliphatic rings. The molecule has 5 heteroatoms. The number of nitrogens with one attached hydrogen (secondary N) is 1. The molecule has 1 aromatic heterocycles. The molecule has 0 saturated heterocycles. The van der Waals surface area contributed by atoms with E-state index in [9.17, 15) is 9.90 Å². The first-order valence-corrected chi connectivity index (χ1v) is 10.7. The number of aromatic hydroxyl groups is 1. The molecule has 0 saturated carbocycles. The Morgan fingerprint density at radius 1 is 1.07 bits per heavy atom. The molecule has 148 valence electrons. The van der Waals surface area contributed by atoms with Crippen molar-refractivity contribution in [1.82, 2.24) is 10.2 Å². The molecule has 2 aromatic carbocycles. The summed E-state index contributed by atoms with van der Waals surface area (Å²) in [5, 5.41) is 14.7. The van der Waals surface area contributed by atoms with Crippen molar-refractivity contribution in [1.29, 1.82) is 0 Å². The normalized spacial score (nSPS) is 15.5. The van der Waals surface area contributed by atoms with Gasteiger partial charge in [-0.05, 0) is 46.7 Å². The van der Waals surface area contributed by atoms with E-state index in [0.29, 0.717) is 6.54 Å². The molecular formula is C24H24N2O2S. The number of benzene rings is 2. The Hall–Kier alpha value is -2.89. The number of phenolic OH excluding ortho intramolecular Hbond substituents is 1. The van der Waals surface area contributed by atoms with Gasteiger partial charge in [-0.15, -0.1) is 11.3 Å². The van der Waals surface area contributed by atoms with Gasteiger partial charge in [0, 0.05) is 18.0 Å². The highest BCUT2D eigenvalue weighted by Crippen LogP contribution is 2.26. The van der Waals surface area contributed by atoms with E-state index in [1.165, 1.54) is 5.57 Å². The van der Waals surface area contributed by atoms with Gasteiger partial charge in [0.15, 0.2) is 0 Å². The van der Waals surface area contributed by atoms with Gasteiger partial charge in [0.05, 0.1) is 12.6 Å². The fraction of sp³-hybridized carbons (Fsp3) is 0.208. The van der Waals surface area contributed by atoms with E-state index < -0.39 is 0 Å². The van der Waals surface area contributed by atoms with Gasteiger partial charge in [0.1, 0.15) is 5.75 Å². The van der Waals surface area contributed by atoms with Crippen LogP contribution in [-0.4, -0.2) is 35.5 Å². The SMILES string of the molecule is O=C(CN1CC=C(c2ccc(O)cc2)CC1)NC(c1ccccc1)c1cccs1. The van der Waals surface area contributed by atoms with Crippen molar-refractivity contribution < 1.29 is 9.90 Å². The summed E-state index contributed by atoms with van der Waals surface area (Å²) in [5.41, 5.74) is 3.49. The highest BCUT2D eigenvalue weighted by molar-refractivity contribution is 7.10. The minimum atomic E-state index is -0.114. The topological polar surface area (TPSA) is 52.6 Å². The average molecular weight is 405 g/mol. The third-order valence-electron chi connectivity index (χ3n) is 5.16. The predicted octanol–water partition coefficient (Wildman–Crippen LogP) is 4.45. The minimum Gasteiger partial charge on any atom is -0.508 e. The Morgan fingerprint density at radius 3 is 2.52 bits per heavy atom. The van der Waals surface area contributed by atoms with E-state index in [-0.39, 0.29) is 17.7 Å². The van der Waals surface area contributed by atoms with Crippen molar-refractivity contribution in [2.24, 2.45) is 0 Å². The van der Waals surface area contributed by atoms with Crippen LogP contribution in [0.4, 0.5) is 0 Å². The summed E-state index contributed by atoms with van der Waals surface area (Å²) in [6.07, 6.45) is 3.07. The summed E-state index contributed by atoms with van der Waals surface area (Å²) in [7, 11) is 0. The Labute approximate surface area is 175 Å². The summed E-state index contributed by atoms with van der Waals surface area (Å²) in [5.74, 6) is 0.316. The van der Waals surface area contributed by atoms with E-state index in [1.54, 1.807) is 23.5 Å². The number of phenols is 1. The van der Waals surface area contributed by atoms with Gasteiger partial charge >= 0.3 is 0 Å². The standard InChI is InChI=1S/C24H24N2O2S/c27-21-10-8-18(9-11-21)19-12-14-26(15-13-19)17-23(28)25-24(22-7-4-16-29-22)20-5-2-1-3-6-20/h1-12,16,24,27H,13-15,17H2,(H,25,28). The molecule has 1 aliphatic heterocycles. The van der Waals surface area contributed by atoms with Crippen molar-refractivity contribution in [3.05, 3.63) is 94.2 Å². The zero-order chi connectivity index (χ0) is 20.1.